The van der Waals surface area contributed by atoms with Gasteiger partial charge in [0.2, 0.25) is 5.95 Å². The minimum absolute atomic E-state index is 0.309. The van der Waals surface area contributed by atoms with E-state index in [2.05, 4.69) is 15.2 Å². The molecule has 0 spiro atoms. The Balaban J connectivity index is 1.43. The predicted octanol–water partition coefficient (Wildman–Crippen LogP) is 3.94. The van der Waals surface area contributed by atoms with E-state index in [9.17, 15) is 4.79 Å². The van der Waals surface area contributed by atoms with E-state index >= 15 is 0 Å². The molecule has 1 aliphatic heterocycles. The van der Waals surface area contributed by atoms with Gasteiger partial charge in [-0.05, 0) is 64.8 Å². The van der Waals surface area contributed by atoms with Crippen molar-refractivity contribution >= 4 is 23.5 Å². The summed E-state index contributed by atoms with van der Waals surface area (Å²) < 4.78 is 7.68. The van der Waals surface area contributed by atoms with Crippen LogP contribution in [0.4, 0.5) is 22.2 Å². The van der Waals surface area contributed by atoms with Crippen LogP contribution in [0, 0.1) is 6.92 Å². The Morgan fingerprint density at radius 2 is 1.97 bits per heavy atom. The normalized spacial score (nSPS) is 15.3. The lowest BCUT2D eigenvalue weighted by Crippen LogP contribution is -2.42. The second-order valence-electron chi connectivity index (χ2n) is 10.7. The maximum Gasteiger partial charge on any atom is 0.410 e. The van der Waals surface area contributed by atoms with Crippen molar-refractivity contribution in [1.29, 1.82) is 0 Å². The van der Waals surface area contributed by atoms with Crippen LogP contribution in [0.15, 0.2) is 36.7 Å². The minimum Gasteiger partial charge on any atom is -0.444 e. The number of hydrogen-bond acceptors (Lipinski definition) is 8. The van der Waals surface area contributed by atoms with Crippen LogP contribution >= 0.6 is 0 Å². The van der Waals surface area contributed by atoms with Crippen molar-refractivity contribution in [3.05, 3.63) is 53.7 Å². The Morgan fingerprint density at radius 3 is 2.59 bits per heavy atom. The summed E-state index contributed by atoms with van der Waals surface area (Å²) in [6.45, 7) is 9.84. The molecule has 37 heavy (non-hydrogen) atoms. The number of amides is 1. The van der Waals surface area contributed by atoms with Crippen LogP contribution < -0.4 is 16.0 Å². The lowest BCUT2D eigenvalue weighted by atomic mass is 10.1. The molecule has 196 valence electrons. The third-order valence-electron chi connectivity index (χ3n) is 6.55. The van der Waals surface area contributed by atoms with E-state index in [0.717, 1.165) is 47.1 Å². The molecular weight excluding hydrogens is 468 g/mol. The number of benzene rings is 1. The second-order valence-corrected chi connectivity index (χ2v) is 10.7. The summed E-state index contributed by atoms with van der Waals surface area (Å²) in [6.07, 6.45) is 6.30. The Bertz CT molecular complexity index is 1260. The van der Waals surface area contributed by atoms with Gasteiger partial charge < -0.3 is 30.2 Å². The van der Waals surface area contributed by atoms with Crippen molar-refractivity contribution in [3.8, 4) is 5.69 Å². The fraction of sp³-hybridized carbons (Fsp3) is 0.481. The SMILES string of the molecule is Cc1nccn1-c1ccc(Nc2nc3c(c(N(CCN)C4CC4)n2)CN(C(=O)OC(C)(C)C)CC3)cc1. The van der Waals surface area contributed by atoms with Crippen LogP contribution in [0.2, 0.25) is 0 Å². The molecule has 1 saturated carbocycles. The number of imidazole rings is 1. The highest BCUT2D eigenvalue weighted by molar-refractivity contribution is 5.70. The van der Waals surface area contributed by atoms with Gasteiger partial charge in [-0.2, -0.15) is 4.98 Å². The molecule has 1 fully saturated rings. The number of carbonyl (C=O) groups is 1. The highest BCUT2D eigenvalue weighted by Crippen LogP contribution is 2.36. The molecule has 1 aliphatic carbocycles. The summed E-state index contributed by atoms with van der Waals surface area (Å²) in [5, 5.41) is 3.39. The third-order valence-corrected chi connectivity index (χ3v) is 6.55. The van der Waals surface area contributed by atoms with Gasteiger partial charge in [0.25, 0.3) is 0 Å². The third kappa shape index (κ3) is 5.69. The Labute approximate surface area is 217 Å². The van der Waals surface area contributed by atoms with Gasteiger partial charge in [0.15, 0.2) is 0 Å². The fourth-order valence-electron chi connectivity index (χ4n) is 4.64. The molecule has 0 radical (unpaired) electrons. The Kier molecular flexibility index (Phi) is 6.76. The topological polar surface area (TPSA) is 114 Å². The number of rotatable bonds is 7. The first-order chi connectivity index (χ1) is 17.7. The zero-order chi connectivity index (χ0) is 26.2. The van der Waals surface area contributed by atoms with Crippen molar-refractivity contribution < 1.29 is 9.53 Å². The number of ether oxygens (including phenoxy) is 1. The average Bonchev–Trinajstić information content (AvgIpc) is 3.61. The van der Waals surface area contributed by atoms with E-state index < -0.39 is 5.60 Å². The monoisotopic (exact) mass is 504 g/mol. The first-order valence-electron chi connectivity index (χ1n) is 12.9. The summed E-state index contributed by atoms with van der Waals surface area (Å²) in [5.74, 6) is 2.34. The van der Waals surface area contributed by atoms with Gasteiger partial charge in [-0.15, -0.1) is 0 Å². The lowest BCUT2D eigenvalue weighted by Gasteiger charge is -2.34. The summed E-state index contributed by atoms with van der Waals surface area (Å²) in [5.41, 5.74) is 9.32. The van der Waals surface area contributed by atoms with Gasteiger partial charge in [-0.25, -0.2) is 14.8 Å². The van der Waals surface area contributed by atoms with Crippen molar-refractivity contribution in [2.45, 2.75) is 65.1 Å². The molecule has 10 nitrogen and oxygen atoms in total. The van der Waals surface area contributed by atoms with E-state index in [-0.39, 0.29) is 6.09 Å². The van der Waals surface area contributed by atoms with Crippen LogP contribution in [0.5, 0.6) is 0 Å². The molecule has 3 heterocycles. The standard InChI is InChI=1S/C27H36N8O2/c1-18-29-13-16-34(18)20-7-5-19(6-8-20)30-25-31-23-11-14-33(26(36)37-27(2,3)4)17-22(23)24(32-25)35(15-12-28)21-9-10-21/h5-8,13,16,21H,9-12,14-15,17,28H2,1-4H3,(H,30,31,32). The molecule has 1 amide bonds. The number of carbonyl (C=O) groups excluding carboxylic acids is 1. The predicted molar refractivity (Wildman–Crippen MR) is 143 cm³/mol. The smallest absolute Gasteiger partial charge is 0.410 e. The minimum atomic E-state index is -0.545. The summed E-state index contributed by atoms with van der Waals surface area (Å²) in [7, 11) is 0. The maximum atomic E-state index is 12.8. The first-order valence-corrected chi connectivity index (χ1v) is 12.9. The molecule has 0 atom stereocenters. The number of nitrogens with zero attached hydrogens (tertiary/aromatic N) is 6. The van der Waals surface area contributed by atoms with Gasteiger partial charge >= 0.3 is 6.09 Å². The number of nitrogens with two attached hydrogens (primary N) is 1. The van der Waals surface area contributed by atoms with Gasteiger partial charge in [0, 0.05) is 61.4 Å². The number of fused-ring (bicyclic) bond motifs is 1. The fourth-order valence-corrected chi connectivity index (χ4v) is 4.64. The molecule has 1 aromatic carbocycles. The molecule has 0 unspecified atom stereocenters. The lowest BCUT2D eigenvalue weighted by molar-refractivity contribution is 0.0223. The van der Waals surface area contributed by atoms with Gasteiger partial charge in [-0.3, -0.25) is 0 Å². The molecule has 2 aromatic heterocycles. The van der Waals surface area contributed by atoms with Crippen LogP contribution in [-0.4, -0.2) is 61.8 Å². The van der Waals surface area contributed by atoms with Crippen LogP contribution in [0.25, 0.3) is 5.69 Å². The molecule has 5 rings (SSSR count). The molecule has 3 N–H and O–H groups in total. The zero-order valence-electron chi connectivity index (χ0n) is 22.1. The average molecular weight is 505 g/mol. The van der Waals surface area contributed by atoms with Crippen molar-refractivity contribution in [2.24, 2.45) is 5.73 Å². The molecular formula is C27H36N8O2. The Hall–Kier alpha value is -3.66. The molecule has 3 aromatic rings. The number of aromatic nitrogens is 4. The molecule has 0 saturated heterocycles. The van der Waals surface area contributed by atoms with E-state index in [0.29, 0.717) is 44.6 Å². The summed E-state index contributed by atoms with van der Waals surface area (Å²) >= 11 is 0. The summed E-state index contributed by atoms with van der Waals surface area (Å²) in [4.78, 5) is 31.0. The van der Waals surface area contributed by atoms with Gasteiger partial charge in [0.1, 0.15) is 17.2 Å². The second kappa shape index (κ2) is 10.0. The van der Waals surface area contributed by atoms with Crippen LogP contribution in [0.1, 0.15) is 50.7 Å². The highest BCUT2D eigenvalue weighted by Gasteiger charge is 2.35. The maximum absolute atomic E-state index is 12.8. The van der Waals surface area contributed by atoms with Crippen LogP contribution in [-0.2, 0) is 17.7 Å². The van der Waals surface area contributed by atoms with E-state index in [1.54, 1.807) is 11.1 Å². The number of hydrogen-bond donors (Lipinski definition) is 2. The van der Waals surface area contributed by atoms with E-state index in [4.69, 9.17) is 20.4 Å². The molecule has 2 aliphatic rings. The molecule has 10 heteroatoms. The Morgan fingerprint density at radius 1 is 1.22 bits per heavy atom. The van der Waals surface area contributed by atoms with Crippen LogP contribution in [0.3, 0.4) is 0 Å². The molecule has 0 bridgehead atoms. The highest BCUT2D eigenvalue weighted by atomic mass is 16.6. The van der Waals surface area contributed by atoms with Crippen molar-refractivity contribution in [1.82, 2.24) is 24.4 Å². The number of anilines is 3. The van der Waals surface area contributed by atoms with Gasteiger partial charge in [-0.1, -0.05) is 0 Å². The summed E-state index contributed by atoms with van der Waals surface area (Å²) in [6, 6.07) is 8.53. The first kappa shape index (κ1) is 25.0. The number of aryl methyl sites for hydroxylation is 1. The van der Waals surface area contributed by atoms with E-state index in [1.807, 2.05) is 62.7 Å². The quantitative estimate of drug-likeness (QED) is 0.497. The van der Waals surface area contributed by atoms with Crippen molar-refractivity contribution in [2.75, 3.05) is 29.9 Å². The number of nitrogens with one attached hydrogen (secondary N) is 1. The van der Waals surface area contributed by atoms with E-state index in [1.165, 1.54) is 0 Å². The zero-order valence-corrected chi connectivity index (χ0v) is 22.1. The van der Waals surface area contributed by atoms with Crippen molar-refractivity contribution in [3.63, 3.8) is 0 Å². The largest absolute Gasteiger partial charge is 0.444 e. The van der Waals surface area contributed by atoms with Gasteiger partial charge in [0.05, 0.1) is 12.2 Å².